The van der Waals surface area contributed by atoms with Gasteiger partial charge in [0.05, 0.1) is 47.9 Å². The summed E-state index contributed by atoms with van der Waals surface area (Å²) in [5.74, 6) is -4.99. The SMILES string of the molecule is CNCCN(C)CCN(C)CC(=O)N[C@@H](CC(N)=O)C(=O)N1CCC[C@H]1C(=O)N[C@H](C(=O)N=[S@@](C)(=O)Cc1cc2cc(c1)OCCCCOc1cc(F)ccc1-c1nc(ncc1F)N2)C(C)C. The summed E-state index contributed by atoms with van der Waals surface area (Å²) in [6.07, 6.45) is 3.57. The molecule has 1 fully saturated rings. The second kappa shape index (κ2) is 24.3. The first kappa shape index (κ1) is 52.1. The zero-order valence-electron chi connectivity index (χ0n) is 38.9. The van der Waals surface area contributed by atoms with Crippen molar-refractivity contribution in [3.05, 3.63) is 59.8 Å². The third-order valence-corrected chi connectivity index (χ3v) is 12.5. The van der Waals surface area contributed by atoms with Gasteiger partial charge in [-0.2, -0.15) is 4.36 Å². The number of rotatable bonds is 18. The number of carbonyl (C=O) groups excluding carboxylic acids is 5. The smallest absolute Gasteiger partial charge is 0.276 e. The zero-order valence-corrected chi connectivity index (χ0v) is 39.8. The van der Waals surface area contributed by atoms with Crippen LogP contribution in [0.5, 0.6) is 11.5 Å². The van der Waals surface area contributed by atoms with Gasteiger partial charge in [0, 0.05) is 62.4 Å². The first-order chi connectivity index (χ1) is 31.8. The van der Waals surface area contributed by atoms with Crippen LogP contribution < -0.4 is 36.5 Å². The molecule has 19 nitrogen and oxygen atoms in total. The van der Waals surface area contributed by atoms with Gasteiger partial charge in [-0.1, -0.05) is 13.8 Å². The number of nitrogens with two attached hydrogens (primary N) is 1. The molecule has 22 heteroatoms. The molecule has 0 saturated carbocycles. The van der Waals surface area contributed by atoms with Gasteiger partial charge in [-0.25, -0.2) is 23.0 Å². The van der Waals surface area contributed by atoms with Crippen LogP contribution in [0.1, 0.15) is 51.5 Å². The summed E-state index contributed by atoms with van der Waals surface area (Å²) in [6.45, 7) is 6.84. The lowest BCUT2D eigenvalue weighted by Crippen LogP contribution is -2.57. The maximum atomic E-state index is 15.1. The van der Waals surface area contributed by atoms with E-state index in [1.54, 1.807) is 44.0 Å². The van der Waals surface area contributed by atoms with Gasteiger partial charge < -0.3 is 46.3 Å². The van der Waals surface area contributed by atoms with Crippen LogP contribution in [0.25, 0.3) is 11.3 Å². The summed E-state index contributed by atoms with van der Waals surface area (Å²) in [5.41, 5.74) is 6.46. The van der Waals surface area contributed by atoms with Gasteiger partial charge in [-0.3, -0.25) is 28.9 Å². The number of likely N-dealkylation sites (tertiary alicyclic amines) is 1. The molecule has 0 spiro atoms. The largest absolute Gasteiger partial charge is 0.494 e. The minimum Gasteiger partial charge on any atom is -0.494 e. The van der Waals surface area contributed by atoms with Gasteiger partial charge in [-0.05, 0) is 82.6 Å². The number of anilines is 2. The van der Waals surface area contributed by atoms with Crippen molar-refractivity contribution in [2.75, 3.05) is 85.2 Å². The van der Waals surface area contributed by atoms with Crippen LogP contribution >= 0.6 is 0 Å². The number of aromatic nitrogens is 2. The highest BCUT2D eigenvalue weighted by Gasteiger charge is 2.40. The Bertz CT molecular complexity index is 2380. The lowest BCUT2D eigenvalue weighted by atomic mass is 10.0. The quantitative estimate of drug-likeness (QED) is 0.123. The minimum atomic E-state index is -3.32. The molecule has 2 aromatic carbocycles. The molecule has 4 atom stereocenters. The number of hydrogen-bond donors (Lipinski definition) is 5. The highest BCUT2D eigenvalue weighted by atomic mass is 32.2. The van der Waals surface area contributed by atoms with E-state index in [1.165, 1.54) is 29.4 Å². The van der Waals surface area contributed by atoms with Gasteiger partial charge >= 0.3 is 0 Å². The highest BCUT2D eigenvalue weighted by Crippen LogP contribution is 2.33. The molecule has 0 aliphatic carbocycles. The van der Waals surface area contributed by atoms with Gasteiger partial charge in [0.2, 0.25) is 29.6 Å². The Labute approximate surface area is 390 Å². The number of amides is 5. The first-order valence-corrected chi connectivity index (χ1v) is 24.3. The van der Waals surface area contributed by atoms with Crippen LogP contribution in [0.4, 0.5) is 20.4 Å². The van der Waals surface area contributed by atoms with Gasteiger partial charge in [0.25, 0.3) is 5.91 Å². The van der Waals surface area contributed by atoms with Crippen LogP contribution in [-0.4, -0.2) is 156 Å². The molecular formula is C45H63F2N11O8S. The van der Waals surface area contributed by atoms with Crippen molar-refractivity contribution < 1.29 is 46.4 Å². The Balaban J connectivity index is 1.29. The van der Waals surface area contributed by atoms with Gasteiger partial charge in [0.15, 0.2) is 5.82 Å². The Kier molecular flexibility index (Phi) is 18.9. The summed E-state index contributed by atoms with van der Waals surface area (Å²) in [5, 5.41) is 11.5. The fourth-order valence-corrected chi connectivity index (χ4v) is 8.95. The fourth-order valence-electron chi connectivity index (χ4n) is 7.61. The number of benzene rings is 2. The third kappa shape index (κ3) is 15.6. The predicted molar refractivity (Wildman–Crippen MR) is 249 cm³/mol. The molecule has 1 saturated heterocycles. The van der Waals surface area contributed by atoms with E-state index < -0.39 is 81.4 Å². The number of fused-ring (bicyclic) bond motifs is 6. The summed E-state index contributed by atoms with van der Waals surface area (Å²) >= 11 is 0. The molecule has 3 heterocycles. The van der Waals surface area contributed by atoms with E-state index >= 15 is 4.39 Å². The minimum absolute atomic E-state index is 0.00803. The maximum absolute atomic E-state index is 15.1. The molecule has 2 aliphatic heterocycles. The molecule has 0 radical (unpaired) electrons. The Morgan fingerprint density at radius 3 is 2.45 bits per heavy atom. The molecule has 1 aromatic heterocycles. The van der Waals surface area contributed by atoms with E-state index in [1.807, 2.05) is 14.1 Å². The standard InChI is InChI=1S/C45H63F2N11O8S/c1-28(2)40(53-42(61)36-10-9-14-58(36)44(63)35(24-38(48)59)52-39(60)26-57(5)17-16-56(4)15-13-49-3)43(62)55-67(6,64)27-29-20-31-23-32(21-29)65-18-7-8-19-66-37-22-30(46)11-12-33(37)41-34(47)25-50-45(51-31)54-41/h11-12,20-23,25,28,35-36,40,49H,7-10,13-19,24,26-27H2,1-6H3,(H2,48,59)(H,52,60)(H,53,61)(H,50,51,54)/t35-,36-,40-,67-/m0/s1. The first-order valence-electron chi connectivity index (χ1n) is 22.2. The number of halogens is 2. The Morgan fingerprint density at radius 1 is 1.00 bits per heavy atom. The molecule has 5 rings (SSSR count). The molecule has 4 bridgehead atoms. The number of carbonyl (C=O) groups is 5. The lowest BCUT2D eigenvalue weighted by Gasteiger charge is -2.30. The van der Waals surface area contributed by atoms with Crippen molar-refractivity contribution in [3.8, 4) is 22.8 Å². The second-order valence-electron chi connectivity index (χ2n) is 17.3. The molecule has 0 unspecified atom stereocenters. The van der Waals surface area contributed by atoms with Crippen LogP contribution in [0, 0.1) is 17.6 Å². The number of likely N-dealkylation sites (N-methyl/N-ethyl adjacent to an activating group) is 3. The fraction of sp³-hybridized carbons (Fsp3) is 0.533. The molecule has 366 valence electrons. The van der Waals surface area contributed by atoms with Crippen molar-refractivity contribution >= 4 is 50.9 Å². The van der Waals surface area contributed by atoms with Gasteiger partial charge in [0.1, 0.15) is 41.1 Å². The average molecular weight is 956 g/mol. The summed E-state index contributed by atoms with van der Waals surface area (Å²) in [4.78, 5) is 80.4. The Hall–Kier alpha value is -5.84. The van der Waals surface area contributed by atoms with Crippen LogP contribution in [0.2, 0.25) is 0 Å². The number of ether oxygens (including phenoxy) is 2. The van der Waals surface area contributed by atoms with Crippen LogP contribution in [0.15, 0.2) is 47.0 Å². The van der Waals surface area contributed by atoms with Crippen molar-refractivity contribution in [1.82, 2.24) is 40.6 Å². The summed E-state index contributed by atoms with van der Waals surface area (Å²) < 4.78 is 59.4. The normalized spacial score (nSPS) is 16.8. The molecule has 5 amide bonds. The van der Waals surface area contributed by atoms with E-state index in [0.717, 1.165) is 19.3 Å². The lowest BCUT2D eigenvalue weighted by molar-refractivity contribution is -0.143. The molecular weight excluding hydrogens is 893 g/mol. The highest BCUT2D eigenvalue weighted by molar-refractivity contribution is 7.92. The third-order valence-electron chi connectivity index (χ3n) is 11.1. The predicted octanol–water partition coefficient (Wildman–Crippen LogP) is 2.42. The summed E-state index contributed by atoms with van der Waals surface area (Å²) in [7, 11) is 2.28. The van der Waals surface area contributed by atoms with E-state index in [4.69, 9.17) is 15.2 Å². The second-order valence-corrected chi connectivity index (χ2v) is 19.7. The van der Waals surface area contributed by atoms with E-state index in [2.05, 4.69) is 40.5 Å². The molecule has 2 aliphatic rings. The van der Waals surface area contributed by atoms with Crippen LogP contribution in [-0.2, 0) is 39.5 Å². The number of nitrogens with one attached hydrogen (secondary N) is 4. The van der Waals surface area contributed by atoms with Gasteiger partial charge in [-0.15, -0.1) is 0 Å². The summed E-state index contributed by atoms with van der Waals surface area (Å²) in [6, 6.07) is 5.11. The van der Waals surface area contributed by atoms with Crippen molar-refractivity contribution in [2.24, 2.45) is 16.0 Å². The van der Waals surface area contributed by atoms with E-state index in [9.17, 15) is 32.6 Å². The molecule has 67 heavy (non-hydrogen) atoms. The van der Waals surface area contributed by atoms with E-state index in [0.29, 0.717) is 49.4 Å². The maximum Gasteiger partial charge on any atom is 0.276 e. The van der Waals surface area contributed by atoms with E-state index in [-0.39, 0.29) is 61.4 Å². The topological polar surface area (TPSA) is 243 Å². The van der Waals surface area contributed by atoms with Crippen molar-refractivity contribution in [1.29, 1.82) is 0 Å². The number of hydrogen-bond acceptors (Lipinski definition) is 14. The molecule has 3 aromatic rings. The number of nitrogens with zero attached hydrogens (tertiary/aromatic N) is 6. The molecule has 6 N–H and O–H groups in total. The Morgan fingerprint density at radius 2 is 1.73 bits per heavy atom. The monoisotopic (exact) mass is 955 g/mol. The van der Waals surface area contributed by atoms with Crippen molar-refractivity contribution in [3.63, 3.8) is 0 Å². The average Bonchev–Trinajstić information content (AvgIpc) is 3.75. The van der Waals surface area contributed by atoms with Crippen LogP contribution in [0.3, 0.4) is 0 Å². The van der Waals surface area contributed by atoms with Crippen molar-refractivity contribution in [2.45, 2.75) is 69.8 Å². The zero-order chi connectivity index (χ0) is 48.8. The number of primary amides is 1.